The topological polar surface area (TPSA) is 84.5 Å². The summed E-state index contributed by atoms with van der Waals surface area (Å²) in [6.07, 6.45) is 1.38. The normalized spacial score (nSPS) is 10.4. The zero-order valence-corrected chi connectivity index (χ0v) is 17.3. The molecule has 6 nitrogen and oxygen atoms in total. The van der Waals surface area contributed by atoms with Gasteiger partial charge >= 0.3 is 6.09 Å². The molecule has 144 valence electrons. The SMILES string of the molecule is CCOC(=O)NC(=O)c1c(NC(=O)Cc2ccc(SC)cc2)sc(C)c1C. The van der Waals surface area contributed by atoms with Crippen molar-refractivity contribution in [1.29, 1.82) is 0 Å². The van der Waals surface area contributed by atoms with Gasteiger partial charge in [-0.25, -0.2) is 4.79 Å². The van der Waals surface area contributed by atoms with Crippen molar-refractivity contribution in [2.24, 2.45) is 0 Å². The largest absolute Gasteiger partial charge is 0.450 e. The summed E-state index contributed by atoms with van der Waals surface area (Å²) in [6, 6.07) is 7.74. The Balaban J connectivity index is 2.13. The lowest BCUT2D eigenvalue weighted by Crippen LogP contribution is -2.32. The number of carbonyl (C=O) groups is 3. The van der Waals surface area contributed by atoms with Crippen molar-refractivity contribution in [3.05, 3.63) is 45.8 Å². The lowest BCUT2D eigenvalue weighted by molar-refractivity contribution is -0.115. The summed E-state index contributed by atoms with van der Waals surface area (Å²) in [5.74, 6) is -0.812. The molecule has 0 radical (unpaired) electrons. The van der Waals surface area contributed by atoms with E-state index in [1.54, 1.807) is 25.6 Å². The Morgan fingerprint density at radius 3 is 2.41 bits per heavy atom. The molecule has 0 spiro atoms. The Labute approximate surface area is 166 Å². The smallest absolute Gasteiger partial charge is 0.414 e. The van der Waals surface area contributed by atoms with E-state index in [0.717, 1.165) is 20.9 Å². The molecule has 1 aromatic carbocycles. The molecule has 0 aliphatic carbocycles. The van der Waals surface area contributed by atoms with Crippen LogP contribution in [0.25, 0.3) is 0 Å². The first-order chi connectivity index (χ1) is 12.8. The number of aryl methyl sites for hydroxylation is 1. The predicted octanol–water partition coefficient (Wildman–Crippen LogP) is 4.15. The molecule has 0 fully saturated rings. The Morgan fingerprint density at radius 1 is 1.15 bits per heavy atom. The highest BCUT2D eigenvalue weighted by Gasteiger charge is 2.23. The molecule has 2 N–H and O–H groups in total. The highest BCUT2D eigenvalue weighted by Crippen LogP contribution is 2.32. The molecule has 0 aliphatic rings. The third kappa shape index (κ3) is 5.58. The van der Waals surface area contributed by atoms with E-state index in [1.807, 2.05) is 37.4 Å². The highest BCUT2D eigenvalue weighted by molar-refractivity contribution is 7.98. The third-order valence-corrected chi connectivity index (χ3v) is 5.75. The lowest BCUT2D eigenvalue weighted by Gasteiger charge is -2.08. The molecule has 27 heavy (non-hydrogen) atoms. The summed E-state index contributed by atoms with van der Waals surface area (Å²) in [5.41, 5.74) is 1.89. The van der Waals surface area contributed by atoms with E-state index >= 15 is 0 Å². The van der Waals surface area contributed by atoms with Crippen LogP contribution < -0.4 is 10.6 Å². The molecule has 0 bridgehead atoms. The molecular formula is C19H22N2O4S2. The minimum atomic E-state index is -0.808. The van der Waals surface area contributed by atoms with E-state index in [0.29, 0.717) is 5.00 Å². The maximum Gasteiger partial charge on any atom is 0.414 e. The minimum Gasteiger partial charge on any atom is -0.450 e. The molecular weight excluding hydrogens is 384 g/mol. The van der Waals surface area contributed by atoms with Crippen LogP contribution in [0.15, 0.2) is 29.2 Å². The molecule has 1 heterocycles. The average Bonchev–Trinajstić information content (AvgIpc) is 2.89. The number of amides is 3. The minimum absolute atomic E-state index is 0.166. The summed E-state index contributed by atoms with van der Waals surface area (Å²) in [4.78, 5) is 38.4. The second-order valence-corrected chi connectivity index (χ2v) is 7.84. The second-order valence-electron chi connectivity index (χ2n) is 5.73. The van der Waals surface area contributed by atoms with Crippen LogP contribution in [0.5, 0.6) is 0 Å². The van der Waals surface area contributed by atoms with Gasteiger partial charge in [-0.1, -0.05) is 12.1 Å². The quantitative estimate of drug-likeness (QED) is 0.704. The lowest BCUT2D eigenvalue weighted by atomic mass is 10.1. The molecule has 3 amide bonds. The zero-order chi connectivity index (χ0) is 20.0. The van der Waals surface area contributed by atoms with Crippen molar-refractivity contribution in [2.75, 3.05) is 18.2 Å². The van der Waals surface area contributed by atoms with Crippen LogP contribution >= 0.6 is 23.1 Å². The van der Waals surface area contributed by atoms with Gasteiger partial charge in [-0.15, -0.1) is 23.1 Å². The van der Waals surface area contributed by atoms with Gasteiger partial charge in [-0.05, 0) is 50.3 Å². The molecule has 0 saturated heterocycles. The van der Waals surface area contributed by atoms with Crippen molar-refractivity contribution < 1.29 is 19.1 Å². The summed E-state index contributed by atoms with van der Waals surface area (Å²) in [7, 11) is 0. The Kier molecular flexibility index (Phi) is 7.44. The van der Waals surface area contributed by atoms with E-state index in [1.165, 1.54) is 11.3 Å². The molecule has 0 aliphatic heterocycles. The van der Waals surface area contributed by atoms with Crippen molar-refractivity contribution in [3.8, 4) is 0 Å². The van der Waals surface area contributed by atoms with E-state index in [-0.39, 0.29) is 24.5 Å². The fourth-order valence-electron chi connectivity index (χ4n) is 2.41. The number of ether oxygens (including phenoxy) is 1. The second kappa shape index (κ2) is 9.57. The van der Waals surface area contributed by atoms with Crippen molar-refractivity contribution in [1.82, 2.24) is 5.32 Å². The first-order valence-corrected chi connectivity index (χ1v) is 10.4. The predicted molar refractivity (Wildman–Crippen MR) is 109 cm³/mol. The summed E-state index contributed by atoms with van der Waals surface area (Å²) in [6.45, 7) is 5.46. The van der Waals surface area contributed by atoms with Crippen LogP contribution in [-0.4, -0.2) is 30.8 Å². The van der Waals surface area contributed by atoms with Gasteiger partial charge in [0.05, 0.1) is 18.6 Å². The number of benzene rings is 1. The van der Waals surface area contributed by atoms with Crippen LogP contribution in [-0.2, 0) is 16.0 Å². The fourth-order valence-corrected chi connectivity index (χ4v) is 3.89. The number of hydrogen-bond donors (Lipinski definition) is 2. The van der Waals surface area contributed by atoms with Crippen molar-refractivity contribution in [3.63, 3.8) is 0 Å². The van der Waals surface area contributed by atoms with Gasteiger partial charge in [0, 0.05) is 9.77 Å². The summed E-state index contributed by atoms with van der Waals surface area (Å²) in [5, 5.41) is 5.41. The number of anilines is 1. The molecule has 0 atom stereocenters. The first kappa shape index (κ1) is 21.0. The van der Waals surface area contributed by atoms with Crippen LogP contribution in [0.4, 0.5) is 9.80 Å². The van der Waals surface area contributed by atoms with Gasteiger partial charge in [0.1, 0.15) is 5.00 Å². The van der Waals surface area contributed by atoms with Gasteiger partial charge in [0.25, 0.3) is 5.91 Å². The maximum absolute atomic E-state index is 12.4. The number of imide groups is 1. The molecule has 8 heteroatoms. The number of carbonyl (C=O) groups excluding carboxylic acids is 3. The molecule has 0 saturated carbocycles. The van der Waals surface area contributed by atoms with E-state index in [2.05, 4.69) is 10.6 Å². The number of thiophene rings is 1. The zero-order valence-electron chi connectivity index (χ0n) is 15.7. The Hall–Kier alpha value is -2.32. The van der Waals surface area contributed by atoms with Crippen LogP contribution in [0.3, 0.4) is 0 Å². The number of thioether (sulfide) groups is 1. The highest BCUT2D eigenvalue weighted by atomic mass is 32.2. The van der Waals surface area contributed by atoms with Crippen molar-refractivity contribution >= 4 is 46.0 Å². The number of nitrogens with one attached hydrogen (secondary N) is 2. The van der Waals surface area contributed by atoms with E-state index < -0.39 is 12.0 Å². The van der Waals surface area contributed by atoms with Crippen LogP contribution in [0, 0.1) is 13.8 Å². The maximum atomic E-state index is 12.4. The van der Waals surface area contributed by atoms with Gasteiger partial charge in [-0.3, -0.25) is 14.9 Å². The van der Waals surface area contributed by atoms with Gasteiger partial charge in [0.2, 0.25) is 5.91 Å². The molecule has 0 unspecified atom stereocenters. The third-order valence-electron chi connectivity index (χ3n) is 3.88. The van der Waals surface area contributed by atoms with E-state index in [4.69, 9.17) is 4.74 Å². The molecule has 1 aromatic heterocycles. The van der Waals surface area contributed by atoms with Crippen LogP contribution in [0.2, 0.25) is 0 Å². The number of alkyl carbamates (subject to hydrolysis) is 1. The van der Waals surface area contributed by atoms with E-state index in [9.17, 15) is 14.4 Å². The number of hydrogen-bond acceptors (Lipinski definition) is 6. The first-order valence-electron chi connectivity index (χ1n) is 8.36. The summed E-state index contributed by atoms with van der Waals surface area (Å²) >= 11 is 2.94. The number of rotatable bonds is 6. The molecule has 2 aromatic rings. The Morgan fingerprint density at radius 2 is 1.81 bits per heavy atom. The van der Waals surface area contributed by atoms with Gasteiger partial charge in [0.15, 0.2) is 0 Å². The fraction of sp³-hybridized carbons (Fsp3) is 0.316. The Bertz CT molecular complexity index is 844. The molecule has 2 rings (SSSR count). The average molecular weight is 407 g/mol. The standard InChI is InChI=1S/C19H22N2O4S2/c1-5-25-19(24)21-17(23)16-11(2)12(3)27-18(16)20-15(22)10-13-6-8-14(26-4)9-7-13/h6-9H,5,10H2,1-4H3,(H,20,22)(H,21,23,24). The van der Waals surface area contributed by atoms with Gasteiger partial charge in [-0.2, -0.15) is 0 Å². The van der Waals surface area contributed by atoms with Gasteiger partial charge < -0.3 is 10.1 Å². The summed E-state index contributed by atoms with van der Waals surface area (Å²) < 4.78 is 4.74. The monoisotopic (exact) mass is 406 g/mol. The van der Waals surface area contributed by atoms with Crippen molar-refractivity contribution in [2.45, 2.75) is 32.1 Å². The van der Waals surface area contributed by atoms with Crippen LogP contribution in [0.1, 0.15) is 33.3 Å².